The maximum absolute atomic E-state index is 13.5. The third-order valence-electron chi connectivity index (χ3n) is 5.79. The van der Waals surface area contributed by atoms with Crippen LogP contribution >= 0.6 is 34.7 Å². The summed E-state index contributed by atoms with van der Waals surface area (Å²) in [6, 6.07) is 5.06. The van der Waals surface area contributed by atoms with Gasteiger partial charge in [-0.3, -0.25) is 14.2 Å². The van der Waals surface area contributed by atoms with Gasteiger partial charge in [0.25, 0.3) is 5.56 Å². The number of benzene rings is 1. The number of nitrogens with one attached hydrogen (secondary N) is 1. The Morgan fingerprint density at radius 1 is 1.38 bits per heavy atom. The molecular weight excluding hydrogens is 466 g/mol. The van der Waals surface area contributed by atoms with E-state index >= 15 is 0 Å². The molecule has 2 heterocycles. The van der Waals surface area contributed by atoms with Gasteiger partial charge in [-0.2, -0.15) is 0 Å². The summed E-state index contributed by atoms with van der Waals surface area (Å²) in [6.45, 7) is 4.08. The number of methoxy groups -OCH3 is 1. The van der Waals surface area contributed by atoms with E-state index in [1.165, 1.54) is 29.3 Å². The standard InChI is InChI=1S/C23H26ClN3O3S2/c1-4-13(2)27-22(29)20-15-7-5-6-8-18(15)32-21(20)26-23(27)31-12-19(28)25-16-11-14(24)9-10-17(16)30-3/h9-11,13H,4-8,12H2,1-3H3,(H,25,28)/t13-/m1/s1. The number of amides is 1. The molecule has 0 spiro atoms. The fraction of sp³-hybridized carbons (Fsp3) is 0.435. The molecule has 1 aliphatic rings. The number of halogens is 1. The fourth-order valence-corrected chi connectivity index (χ4v) is 6.34. The lowest BCUT2D eigenvalue weighted by Crippen LogP contribution is -2.27. The summed E-state index contributed by atoms with van der Waals surface area (Å²) in [5.41, 5.74) is 1.72. The van der Waals surface area contributed by atoms with Crippen LogP contribution in [0.2, 0.25) is 5.02 Å². The summed E-state index contributed by atoms with van der Waals surface area (Å²) in [5.74, 6) is 0.439. The van der Waals surface area contributed by atoms with Crippen LogP contribution in [0, 0.1) is 0 Å². The van der Waals surface area contributed by atoms with E-state index in [4.69, 9.17) is 21.3 Å². The molecule has 32 heavy (non-hydrogen) atoms. The number of aromatic nitrogens is 2. The Hall–Kier alpha value is -2.03. The normalized spacial score (nSPS) is 14.2. The van der Waals surface area contributed by atoms with Crippen LogP contribution < -0.4 is 15.6 Å². The van der Waals surface area contributed by atoms with Crippen molar-refractivity contribution in [3.8, 4) is 5.75 Å². The minimum Gasteiger partial charge on any atom is -0.495 e. The molecule has 0 aliphatic heterocycles. The second-order valence-electron chi connectivity index (χ2n) is 7.90. The lowest BCUT2D eigenvalue weighted by atomic mass is 9.97. The van der Waals surface area contributed by atoms with Crippen LogP contribution in [0.1, 0.15) is 49.6 Å². The number of nitrogens with zero attached hydrogens (tertiary/aromatic N) is 2. The predicted molar refractivity (Wildman–Crippen MR) is 133 cm³/mol. The third kappa shape index (κ3) is 4.54. The average Bonchev–Trinajstić information content (AvgIpc) is 3.16. The Bertz CT molecular complexity index is 1220. The lowest BCUT2D eigenvalue weighted by molar-refractivity contribution is -0.113. The van der Waals surface area contributed by atoms with Crippen LogP contribution in [0.3, 0.4) is 0 Å². The predicted octanol–water partition coefficient (Wildman–Crippen LogP) is 5.70. The van der Waals surface area contributed by atoms with Crippen molar-refractivity contribution in [3.05, 3.63) is 44.0 Å². The number of anilines is 1. The molecule has 2 aromatic heterocycles. The quantitative estimate of drug-likeness (QED) is 0.339. The van der Waals surface area contributed by atoms with Gasteiger partial charge >= 0.3 is 0 Å². The van der Waals surface area contributed by atoms with Gasteiger partial charge in [-0.05, 0) is 62.8 Å². The van der Waals surface area contributed by atoms with E-state index in [1.807, 2.05) is 6.92 Å². The van der Waals surface area contributed by atoms with Gasteiger partial charge < -0.3 is 10.1 Å². The van der Waals surface area contributed by atoms with E-state index in [-0.39, 0.29) is 23.3 Å². The largest absolute Gasteiger partial charge is 0.495 e. The van der Waals surface area contributed by atoms with Gasteiger partial charge in [0.05, 0.1) is 23.9 Å². The van der Waals surface area contributed by atoms with Gasteiger partial charge in [0.2, 0.25) is 5.91 Å². The van der Waals surface area contributed by atoms with Crippen molar-refractivity contribution in [3.63, 3.8) is 0 Å². The highest BCUT2D eigenvalue weighted by atomic mass is 35.5. The first kappa shape index (κ1) is 23.1. The van der Waals surface area contributed by atoms with Crippen LogP contribution in [-0.2, 0) is 17.6 Å². The molecule has 3 aromatic rings. The molecule has 0 saturated carbocycles. The Morgan fingerprint density at radius 2 is 2.16 bits per heavy atom. The number of rotatable bonds is 7. The number of thiophene rings is 1. The second-order valence-corrected chi connectivity index (χ2v) is 10.4. The van der Waals surface area contributed by atoms with Crippen LogP contribution in [0.15, 0.2) is 28.2 Å². The minimum atomic E-state index is -0.217. The Labute approximate surface area is 200 Å². The van der Waals surface area contributed by atoms with E-state index in [9.17, 15) is 9.59 Å². The van der Waals surface area contributed by atoms with Crippen molar-refractivity contribution in [1.82, 2.24) is 9.55 Å². The molecule has 6 nitrogen and oxygen atoms in total. The van der Waals surface area contributed by atoms with Crippen molar-refractivity contribution in [1.29, 1.82) is 0 Å². The van der Waals surface area contributed by atoms with Gasteiger partial charge in [-0.25, -0.2) is 4.98 Å². The monoisotopic (exact) mass is 491 g/mol. The first-order valence-corrected chi connectivity index (χ1v) is 12.9. The number of carbonyl (C=O) groups excluding carboxylic acids is 1. The number of carbonyl (C=O) groups is 1. The molecule has 0 unspecified atom stereocenters. The number of aryl methyl sites for hydroxylation is 2. The fourth-order valence-electron chi connectivity index (χ4n) is 3.97. The molecule has 1 amide bonds. The molecule has 9 heteroatoms. The van der Waals surface area contributed by atoms with Crippen molar-refractivity contribution < 1.29 is 9.53 Å². The van der Waals surface area contributed by atoms with Gasteiger partial charge in [-0.1, -0.05) is 30.3 Å². The van der Waals surface area contributed by atoms with Crippen LogP contribution in [0.4, 0.5) is 5.69 Å². The maximum atomic E-state index is 13.5. The molecule has 1 N–H and O–H groups in total. The zero-order valence-corrected chi connectivity index (χ0v) is 20.8. The molecule has 1 aliphatic carbocycles. The first-order chi connectivity index (χ1) is 15.4. The van der Waals surface area contributed by atoms with Crippen LogP contribution in [0.5, 0.6) is 5.75 Å². The highest BCUT2D eigenvalue weighted by Crippen LogP contribution is 2.35. The van der Waals surface area contributed by atoms with Gasteiger partial charge in [-0.15, -0.1) is 11.3 Å². The van der Waals surface area contributed by atoms with Crippen LogP contribution in [0.25, 0.3) is 10.2 Å². The lowest BCUT2D eigenvalue weighted by Gasteiger charge is -2.18. The summed E-state index contributed by atoms with van der Waals surface area (Å²) in [7, 11) is 1.54. The highest BCUT2D eigenvalue weighted by molar-refractivity contribution is 7.99. The van der Waals surface area contributed by atoms with E-state index in [0.717, 1.165) is 42.3 Å². The molecule has 170 valence electrons. The highest BCUT2D eigenvalue weighted by Gasteiger charge is 2.24. The Morgan fingerprint density at radius 3 is 2.91 bits per heavy atom. The van der Waals surface area contributed by atoms with E-state index in [1.54, 1.807) is 34.1 Å². The van der Waals surface area contributed by atoms with Crippen molar-refractivity contribution in [2.45, 2.75) is 57.1 Å². The number of ether oxygens (including phenoxy) is 1. The maximum Gasteiger partial charge on any atom is 0.263 e. The number of fused-ring (bicyclic) bond motifs is 3. The molecular formula is C23H26ClN3O3S2. The molecule has 4 rings (SSSR count). The van der Waals surface area contributed by atoms with Gasteiger partial charge in [0, 0.05) is 15.9 Å². The summed E-state index contributed by atoms with van der Waals surface area (Å²) >= 11 is 8.97. The van der Waals surface area contributed by atoms with Crippen molar-refractivity contribution in [2.75, 3.05) is 18.2 Å². The first-order valence-electron chi connectivity index (χ1n) is 10.8. The summed E-state index contributed by atoms with van der Waals surface area (Å²) in [4.78, 5) is 33.1. The molecule has 0 radical (unpaired) electrons. The second kappa shape index (κ2) is 9.85. The Balaban J connectivity index is 1.63. The zero-order chi connectivity index (χ0) is 22.8. The number of thioether (sulfide) groups is 1. The SMILES string of the molecule is CC[C@@H](C)n1c(SCC(=O)Nc2cc(Cl)ccc2OC)nc2sc3c(c2c1=O)CCCC3. The summed E-state index contributed by atoms with van der Waals surface area (Å²) < 4.78 is 7.06. The van der Waals surface area contributed by atoms with Crippen LogP contribution in [-0.4, -0.2) is 28.3 Å². The average molecular weight is 492 g/mol. The third-order valence-corrected chi connectivity index (χ3v) is 8.16. The number of hydrogen-bond acceptors (Lipinski definition) is 6. The van der Waals surface area contributed by atoms with E-state index < -0.39 is 0 Å². The minimum absolute atomic E-state index is 0.00266. The van der Waals surface area contributed by atoms with Crippen molar-refractivity contribution >= 4 is 56.5 Å². The molecule has 0 saturated heterocycles. The summed E-state index contributed by atoms with van der Waals surface area (Å²) in [6.07, 6.45) is 5.05. The smallest absolute Gasteiger partial charge is 0.263 e. The van der Waals surface area contributed by atoms with Gasteiger partial charge in [0.15, 0.2) is 5.16 Å². The van der Waals surface area contributed by atoms with E-state index in [0.29, 0.717) is 21.6 Å². The number of hydrogen-bond donors (Lipinski definition) is 1. The van der Waals surface area contributed by atoms with Gasteiger partial charge in [0.1, 0.15) is 10.6 Å². The zero-order valence-electron chi connectivity index (χ0n) is 18.4. The van der Waals surface area contributed by atoms with Crippen molar-refractivity contribution in [2.24, 2.45) is 0 Å². The molecule has 1 aromatic carbocycles. The summed E-state index contributed by atoms with van der Waals surface area (Å²) in [5, 5.41) is 4.72. The molecule has 1 atom stereocenters. The Kier molecular flexibility index (Phi) is 7.12. The van der Waals surface area contributed by atoms with E-state index in [2.05, 4.69) is 12.2 Å². The molecule has 0 bridgehead atoms. The molecule has 0 fully saturated rings. The topological polar surface area (TPSA) is 73.2 Å².